The van der Waals surface area contributed by atoms with Crippen molar-refractivity contribution in [2.75, 3.05) is 19.4 Å². The van der Waals surface area contributed by atoms with Crippen LogP contribution in [0.3, 0.4) is 0 Å². The summed E-state index contributed by atoms with van der Waals surface area (Å²) in [5.74, 6) is -0.222. The van der Waals surface area contributed by atoms with Crippen molar-refractivity contribution in [2.24, 2.45) is 0 Å². The van der Waals surface area contributed by atoms with Gasteiger partial charge >= 0.3 is 0 Å². The summed E-state index contributed by atoms with van der Waals surface area (Å²) < 4.78 is 6.86. The maximum atomic E-state index is 12.1. The number of aromatic nitrogens is 2. The van der Waals surface area contributed by atoms with Gasteiger partial charge in [0, 0.05) is 20.2 Å². The number of nitrogens with two attached hydrogens (primary N) is 1. The van der Waals surface area contributed by atoms with Crippen LogP contribution in [0.5, 0.6) is 0 Å². The van der Waals surface area contributed by atoms with Crippen molar-refractivity contribution in [1.29, 1.82) is 0 Å². The molecule has 102 valence electrons. The molecule has 6 heteroatoms. The Kier molecular flexibility index (Phi) is 4.34. The lowest BCUT2D eigenvalue weighted by atomic mass is 10.1. The minimum absolute atomic E-state index is 0.222. The molecule has 0 saturated carbocycles. The maximum absolute atomic E-state index is 12.1. The molecule has 0 aliphatic heterocycles. The lowest BCUT2D eigenvalue weighted by molar-refractivity contribution is 0.0227. The third kappa shape index (κ3) is 3.01. The zero-order valence-electron chi connectivity index (χ0n) is 11.7. The first-order valence-corrected chi connectivity index (χ1v) is 5.98. The number of methoxy groups -OCH3 is 1. The number of carbonyl (C=O) groups excluding carboxylic acids is 1. The molecule has 3 N–H and O–H groups in total. The number of nitrogen functional groups attached to an aromatic ring is 1. The zero-order chi connectivity index (χ0) is 13.9. The molecule has 6 nitrogen and oxygen atoms in total. The number of aryl methyl sites for hydroxylation is 2. The summed E-state index contributed by atoms with van der Waals surface area (Å²) in [4.78, 5) is 12.1. The van der Waals surface area contributed by atoms with Crippen LogP contribution >= 0.6 is 0 Å². The van der Waals surface area contributed by atoms with Gasteiger partial charge in [0.05, 0.1) is 17.0 Å². The molecular formula is C12H22N4O2. The minimum Gasteiger partial charge on any atom is -0.395 e. The van der Waals surface area contributed by atoms with Crippen molar-refractivity contribution in [1.82, 2.24) is 15.1 Å². The summed E-state index contributed by atoms with van der Waals surface area (Å²) >= 11 is 0. The molecule has 0 atom stereocenters. The Balaban J connectivity index is 2.85. The molecule has 0 spiro atoms. The Morgan fingerprint density at radius 1 is 1.56 bits per heavy atom. The molecule has 1 aromatic heterocycles. The second-order valence-corrected chi connectivity index (χ2v) is 4.81. The summed E-state index contributed by atoms with van der Waals surface area (Å²) in [5.41, 5.74) is 7.00. The predicted molar refractivity (Wildman–Crippen MR) is 70.5 cm³/mol. The highest BCUT2D eigenvalue weighted by molar-refractivity contribution is 5.98. The van der Waals surface area contributed by atoms with Gasteiger partial charge in [0.25, 0.3) is 5.91 Å². The number of rotatable bonds is 5. The third-order valence-corrected chi connectivity index (χ3v) is 2.92. The number of hydrogen-bond acceptors (Lipinski definition) is 4. The van der Waals surface area contributed by atoms with E-state index in [1.807, 2.05) is 20.8 Å². The van der Waals surface area contributed by atoms with Crippen molar-refractivity contribution in [3.63, 3.8) is 0 Å². The van der Waals surface area contributed by atoms with E-state index in [9.17, 15) is 4.79 Å². The summed E-state index contributed by atoms with van der Waals surface area (Å²) in [5, 5.41) is 7.03. The van der Waals surface area contributed by atoms with Gasteiger partial charge in [-0.15, -0.1) is 0 Å². The Morgan fingerprint density at radius 2 is 2.17 bits per heavy atom. The van der Waals surface area contributed by atoms with Gasteiger partial charge in [0.1, 0.15) is 5.69 Å². The molecule has 0 aliphatic carbocycles. The second kappa shape index (κ2) is 5.39. The van der Waals surface area contributed by atoms with E-state index >= 15 is 0 Å². The number of amides is 1. The van der Waals surface area contributed by atoms with E-state index in [0.717, 1.165) is 0 Å². The zero-order valence-corrected chi connectivity index (χ0v) is 11.7. The van der Waals surface area contributed by atoms with Gasteiger partial charge in [-0.3, -0.25) is 9.48 Å². The van der Waals surface area contributed by atoms with Crippen LogP contribution in [0.4, 0.5) is 5.69 Å². The van der Waals surface area contributed by atoms with Gasteiger partial charge in [0.2, 0.25) is 0 Å². The molecule has 1 amide bonds. The van der Waals surface area contributed by atoms with Crippen molar-refractivity contribution >= 4 is 11.6 Å². The van der Waals surface area contributed by atoms with E-state index in [4.69, 9.17) is 10.5 Å². The minimum atomic E-state index is -0.406. The maximum Gasteiger partial charge on any atom is 0.271 e. The molecule has 0 bridgehead atoms. The van der Waals surface area contributed by atoms with E-state index in [1.54, 1.807) is 18.7 Å². The van der Waals surface area contributed by atoms with Crippen molar-refractivity contribution in [3.8, 4) is 0 Å². The predicted octanol–water partition coefficient (Wildman–Crippen LogP) is 0.948. The van der Waals surface area contributed by atoms with Crippen LogP contribution in [0.25, 0.3) is 0 Å². The molecule has 1 rings (SSSR count). The summed E-state index contributed by atoms with van der Waals surface area (Å²) in [6.45, 7) is 8.53. The van der Waals surface area contributed by atoms with Gasteiger partial charge in [-0.2, -0.15) is 5.10 Å². The first-order chi connectivity index (χ1) is 8.32. The molecule has 1 aromatic rings. The summed E-state index contributed by atoms with van der Waals surface area (Å²) in [6, 6.07) is 0. The molecule has 18 heavy (non-hydrogen) atoms. The van der Waals surface area contributed by atoms with Crippen LogP contribution in [0, 0.1) is 6.92 Å². The van der Waals surface area contributed by atoms with Gasteiger partial charge in [-0.05, 0) is 27.7 Å². The van der Waals surface area contributed by atoms with E-state index in [1.165, 1.54) is 0 Å². The van der Waals surface area contributed by atoms with Crippen LogP contribution in [0.15, 0.2) is 0 Å². The van der Waals surface area contributed by atoms with Gasteiger partial charge in [-0.1, -0.05) is 0 Å². The van der Waals surface area contributed by atoms with Gasteiger partial charge < -0.3 is 15.8 Å². The molecule has 0 unspecified atom stereocenters. The number of nitrogens with one attached hydrogen (secondary N) is 1. The fraction of sp³-hybridized carbons (Fsp3) is 0.667. The highest BCUT2D eigenvalue weighted by Gasteiger charge is 2.22. The monoisotopic (exact) mass is 254 g/mol. The molecule has 0 fully saturated rings. The molecular weight excluding hydrogens is 232 g/mol. The van der Waals surface area contributed by atoms with Crippen LogP contribution in [-0.4, -0.2) is 34.9 Å². The van der Waals surface area contributed by atoms with Crippen LogP contribution < -0.4 is 11.1 Å². The van der Waals surface area contributed by atoms with E-state index in [2.05, 4.69) is 10.4 Å². The molecule has 0 radical (unpaired) electrons. The van der Waals surface area contributed by atoms with E-state index < -0.39 is 5.60 Å². The largest absolute Gasteiger partial charge is 0.395 e. The number of nitrogens with zero attached hydrogens (tertiary/aromatic N) is 2. The molecule has 1 heterocycles. The smallest absolute Gasteiger partial charge is 0.271 e. The van der Waals surface area contributed by atoms with Crippen molar-refractivity contribution < 1.29 is 9.53 Å². The van der Waals surface area contributed by atoms with Crippen molar-refractivity contribution in [3.05, 3.63) is 11.4 Å². The highest BCUT2D eigenvalue weighted by Crippen LogP contribution is 2.16. The highest BCUT2D eigenvalue weighted by atomic mass is 16.5. The van der Waals surface area contributed by atoms with E-state index in [0.29, 0.717) is 30.2 Å². The third-order valence-electron chi connectivity index (χ3n) is 2.92. The first-order valence-electron chi connectivity index (χ1n) is 5.98. The standard InChI is InChI=1S/C12H22N4O2/c1-6-16-10(9(13)8(2)15-16)11(17)14-7-12(3,4)18-5/h6-7,13H2,1-5H3,(H,14,17). The molecule has 0 aromatic carbocycles. The summed E-state index contributed by atoms with van der Waals surface area (Å²) in [7, 11) is 1.61. The fourth-order valence-corrected chi connectivity index (χ4v) is 1.51. The van der Waals surface area contributed by atoms with Crippen LogP contribution in [-0.2, 0) is 11.3 Å². The van der Waals surface area contributed by atoms with E-state index in [-0.39, 0.29) is 5.91 Å². The first kappa shape index (κ1) is 14.5. The SMILES string of the molecule is CCn1nc(C)c(N)c1C(=O)NCC(C)(C)OC. The topological polar surface area (TPSA) is 82.2 Å². The summed E-state index contributed by atoms with van der Waals surface area (Å²) in [6.07, 6.45) is 0. The fourth-order valence-electron chi connectivity index (χ4n) is 1.51. The number of anilines is 1. The van der Waals surface area contributed by atoms with Crippen LogP contribution in [0.2, 0.25) is 0 Å². The second-order valence-electron chi connectivity index (χ2n) is 4.81. The number of hydrogen-bond donors (Lipinski definition) is 2. The van der Waals surface area contributed by atoms with Crippen molar-refractivity contribution in [2.45, 2.75) is 39.8 Å². The Bertz CT molecular complexity index is 438. The Labute approximate surface area is 107 Å². The molecule has 0 saturated heterocycles. The lowest BCUT2D eigenvalue weighted by Gasteiger charge is -2.23. The Morgan fingerprint density at radius 3 is 2.67 bits per heavy atom. The molecule has 0 aliphatic rings. The van der Waals surface area contributed by atoms with Gasteiger partial charge in [-0.25, -0.2) is 0 Å². The quantitative estimate of drug-likeness (QED) is 0.819. The average Bonchev–Trinajstić information content (AvgIpc) is 2.62. The van der Waals surface area contributed by atoms with Crippen LogP contribution in [0.1, 0.15) is 37.0 Å². The lowest BCUT2D eigenvalue weighted by Crippen LogP contribution is -2.40. The number of carbonyl (C=O) groups is 1. The number of ether oxygens (including phenoxy) is 1. The van der Waals surface area contributed by atoms with Gasteiger partial charge in [0.15, 0.2) is 0 Å². The normalized spacial score (nSPS) is 11.6. The average molecular weight is 254 g/mol. The Hall–Kier alpha value is -1.56.